The molecule has 0 aliphatic heterocycles. The summed E-state index contributed by atoms with van der Waals surface area (Å²) in [5.41, 5.74) is -0.217. The normalized spacial score (nSPS) is 11.2. The van der Waals surface area contributed by atoms with E-state index in [-0.39, 0.29) is 15.6 Å². The lowest BCUT2D eigenvalue weighted by Gasteiger charge is -2.11. The van der Waals surface area contributed by atoms with E-state index in [2.05, 4.69) is 9.47 Å². The molecule has 0 saturated carbocycles. The largest absolute Gasteiger partial charge is 0.573 e. The average Bonchev–Trinajstić information content (AvgIpc) is 2.13. The first kappa shape index (κ1) is 13.9. The van der Waals surface area contributed by atoms with Crippen LogP contribution in [0.2, 0.25) is 10.0 Å². The molecular weight excluding hydrogens is 284 g/mol. The summed E-state index contributed by atoms with van der Waals surface area (Å²) in [6.07, 6.45) is -4.86. The highest BCUT2D eigenvalue weighted by molar-refractivity contribution is 6.39. The van der Waals surface area contributed by atoms with E-state index in [1.807, 2.05) is 0 Å². The molecule has 0 N–H and O–H groups in total. The van der Waals surface area contributed by atoms with Crippen molar-refractivity contribution in [2.45, 2.75) is 6.36 Å². The second-order valence-electron chi connectivity index (χ2n) is 2.80. The molecule has 94 valence electrons. The van der Waals surface area contributed by atoms with E-state index in [0.29, 0.717) is 0 Å². The predicted molar refractivity (Wildman–Crippen MR) is 54.5 cm³/mol. The number of carbonyl (C=O) groups is 1. The molecule has 0 aromatic heterocycles. The monoisotopic (exact) mass is 288 g/mol. The van der Waals surface area contributed by atoms with Gasteiger partial charge in [-0.05, 0) is 0 Å². The SMILES string of the molecule is COC(=O)c1c(Cl)cc(OC(F)(F)F)cc1Cl. The Bertz CT molecular complexity index is 423. The van der Waals surface area contributed by atoms with Crippen molar-refractivity contribution in [3.63, 3.8) is 0 Å². The highest BCUT2D eigenvalue weighted by Crippen LogP contribution is 2.33. The average molecular weight is 289 g/mol. The van der Waals surface area contributed by atoms with Gasteiger partial charge in [0.1, 0.15) is 5.75 Å². The van der Waals surface area contributed by atoms with E-state index in [9.17, 15) is 18.0 Å². The summed E-state index contributed by atoms with van der Waals surface area (Å²) >= 11 is 11.2. The highest BCUT2D eigenvalue weighted by atomic mass is 35.5. The zero-order valence-corrected chi connectivity index (χ0v) is 9.78. The first-order valence-corrected chi connectivity index (χ1v) is 4.83. The lowest BCUT2D eigenvalue weighted by molar-refractivity contribution is -0.274. The molecule has 17 heavy (non-hydrogen) atoms. The van der Waals surface area contributed by atoms with Gasteiger partial charge in [-0.25, -0.2) is 4.79 Å². The topological polar surface area (TPSA) is 35.5 Å². The van der Waals surface area contributed by atoms with Crippen molar-refractivity contribution < 1.29 is 27.4 Å². The molecule has 0 aliphatic rings. The molecule has 0 amide bonds. The highest BCUT2D eigenvalue weighted by Gasteiger charge is 2.32. The van der Waals surface area contributed by atoms with E-state index < -0.39 is 18.1 Å². The minimum absolute atomic E-state index is 0.217. The summed E-state index contributed by atoms with van der Waals surface area (Å²) < 4.78 is 43.8. The summed E-state index contributed by atoms with van der Waals surface area (Å²) in [6, 6.07) is 1.65. The Balaban J connectivity index is 3.14. The van der Waals surface area contributed by atoms with Gasteiger partial charge < -0.3 is 9.47 Å². The maximum absolute atomic E-state index is 11.9. The molecule has 0 heterocycles. The summed E-state index contributed by atoms with van der Waals surface area (Å²) in [5, 5.41) is -0.577. The van der Waals surface area contributed by atoms with Crippen molar-refractivity contribution in [1.29, 1.82) is 0 Å². The lowest BCUT2D eigenvalue weighted by atomic mass is 10.2. The summed E-state index contributed by atoms with van der Waals surface area (Å²) in [7, 11) is 1.09. The standard InChI is InChI=1S/C9H5Cl2F3O3/c1-16-8(15)7-5(10)2-4(3-6(7)11)17-9(12,13)14/h2-3H,1H3. The molecule has 1 aromatic carbocycles. The van der Waals surface area contributed by atoms with Gasteiger partial charge in [-0.2, -0.15) is 0 Å². The summed E-state index contributed by atoms with van der Waals surface area (Å²) in [4.78, 5) is 11.2. The maximum atomic E-state index is 11.9. The third-order valence-electron chi connectivity index (χ3n) is 1.64. The number of hydrogen-bond acceptors (Lipinski definition) is 3. The molecule has 1 aromatic rings. The number of halogens is 5. The molecule has 8 heteroatoms. The van der Waals surface area contributed by atoms with Gasteiger partial charge in [-0.1, -0.05) is 23.2 Å². The van der Waals surface area contributed by atoms with Crippen molar-refractivity contribution in [2.24, 2.45) is 0 Å². The van der Waals surface area contributed by atoms with Gasteiger partial charge >= 0.3 is 12.3 Å². The first-order valence-electron chi connectivity index (χ1n) is 4.07. The van der Waals surface area contributed by atoms with Crippen molar-refractivity contribution in [3.8, 4) is 5.75 Å². The van der Waals surface area contributed by atoms with Gasteiger partial charge in [0.2, 0.25) is 0 Å². The van der Waals surface area contributed by atoms with Crippen LogP contribution in [0.5, 0.6) is 5.75 Å². The van der Waals surface area contributed by atoms with Crippen molar-refractivity contribution in [2.75, 3.05) is 7.11 Å². The number of alkyl halides is 3. The molecule has 0 bridgehead atoms. The van der Waals surface area contributed by atoms with Crippen LogP contribution in [0, 0.1) is 0 Å². The van der Waals surface area contributed by atoms with Gasteiger partial charge in [-0.3, -0.25) is 0 Å². The second-order valence-corrected chi connectivity index (χ2v) is 3.62. The zero-order valence-electron chi connectivity index (χ0n) is 8.27. The molecule has 0 atom stereocenters. The van der Waals surface area contributed by atoms with E-state index in [0.717, 1.165) is 19.2 Å². The third-order valence-corrected chi connectivity index (χ3v) is 2.23. The number of methoxy groups -OCH3 is 1. The van der Waals surface area contributed by atoms with Gasteiger partial charge in [0.05, 0.1) is 22.7 Å². The lowest BCUT2D eigenvalue weighted by Crippen LogP contribution is -2.17. The molecular formula is C9H5Cl2F3O3. The molecule has 3 nitrogen and oxygen atoms in total. The fourth-order valence-corrected chi connectivity index (χ4v) is 1.66. The fraction of sp³-hybridized carbons (Fsp3) is 0.222. The molecule has 0 spiro atoms. The van der Waals surface area contributed by atoms with Crippen LogP contribution < -0.4 is 4.74 Å². The van der Waals surface area contributed by atoms with Gasteiger partial charge in [0.15, 0.2) is 0 Å². The Morgan fingerprint density at radius 3 is 2.06 bits per heavy atom. The number of ether oxygens (including phenoxy) is 2. The minimum Gasteiger partial charge on any atom is -0.465 e. The number of rotatable bonds is 2. The quantitative estimate of drug-likeness (QED) is 0.779. The second kappa shape index (κ2) is 5.01. The molecule has 0 fully saturated rings. The van der Waals surface area contributed by atoms with Gasteiger partial charge in [0.25, 0.3) is 0 Å². The zero-order chi connectivity index (χ0) is 13.2. The minimum atomic E-state index is -4.86. The first-order chi connectivity index (χ1) is 7.74. The van der Waals surface area contributed by atoms with E-state index in [4.69, 9.17) is 23.2 Å². The molecule has 0 radical (unpaired) electrons. The summed E-state index contributed by atoms with van der Waals surface area (Å²) in [5.74, 6) is -1.46. The van der Waals surface area contributed by atoms with Crippen molar-refractivity contribution in [1.82, 2.24) is 0 Å². The van der Waals surface area contributed by atoms with Gasteiger partial charge in [0, 0.05) is 12.1 Å². The van der Waals surface area contributed by atoms with Crippen molar-refractivity contribution in [3.05, 3.63) is 27.7 Å². The van der Waals surface area contributed by atoms with Gasteiger partial charge in [-0.15, -0.1) is 13.2 Å². The molecule has 0 saturated heterocycles. The Hall–Kier alpha value is -1.14. The Morgan fingerprint density at radius 1 is 1.24 bits per heavy atom. The Morgan fingerprint density at radius 2 is 1.71 bits per heavy atom. The molecule has 1 rings (SSSR count). The number of carbonyl (C=O) groups excluding carboxylic acids is 1. The van der Waals surface area contributed by atoms with Crippen LogP contribution in [0.4, 0.5) is 13.2 Å². The van der Waals surface area contributed by atoms with Crippen LogP contribution in [0.15, 0.2) is 12.1 Å². The van der Waals surface area contributed by atoms with E-state index in [1.165, 1.54) is 0 Å². The number of esters is 1. The van der Waals surface area contributed by atoms with Crippen LogP contribution in [0.3, 0.4) is 0 Å². The number of hydrogen-bond donors (Lipinski definition) is 0. The maximum Gasteiger partial charge on any atom is 0.573 e. The van der Waals surface area contributed by atoms with Crippen LogP contribution in [-0.2, 0) is 4.74 Å². The summed E-state index contributed by atoms with van der Waals surface area (Å²) in [6.45, 7) is 0. The molecule has 0 aliphatic carbocycles. The van der Waals surface area contributed by atoms with Crippen LogP contribution in [-0.4, -0.2) is 19.4 Å². The Labute approximate surface area is 104 Å². The van der Waals surface area contributed by atoms with Crippen molar-refractivity contribution >= 4 is 29.2 Å². The predicted octanol–water partition coefficient (Wildman–Crippen LogP) is 3.68. The van der Waals surface area contributed by atoms with E-state index in [1.54, 1.807) is 0 Å². The third kappa shape index (κ3) is 3.67. The van der Waals surface area contributed by atoms with Crippen LogP contribution in [0.25, 0.3) is 0 Å². The smallest absolute Gasteiger partial charge is 0.465 e. The van der Waals surface area contributed by atoms with Crippen LogP contribution >= 0.6 is 23.2 Å². The molecule has 0 unspecified atom stereocenters. The number of benzene rings is 1. The van der Waals surface area contributed by atoms with E-state index >= 15 is 0 Å². The Kier molecular flexibility index (Phi) is 4.11. The fourth-order valence-electron chi connectivity index (χ4n) is 1.04. The van der Waals surface area contributed by atoms with Crippen LogP contribution in [0.1, 0.15) is 10.4 Å².